The first-order chi connectivity index (χ1) is 11.3. The standard InChI is InChI=1S/C17H17N3O3S/c1-9(2)17(3)16(23)19-14(20-17)13-11(15(21)22)7-10(8-18-13)12-5-4-6-24-12/h4-9H,1-3H3,(H,21,22)(H,19,20,23)/t17-/m0/s1. The molecule has 2 N–H and O–H groups in total. The Balaban J connectivity index is 2.09. The second-order valence-corrected chi connectivity index (χ2v) is 7.07. The topological polar surface area (TPSA) is 91.7 Å². The molecule has 0 saturated carbocycles. The van der Waals surface area contributed by atoms with Gasteiger partial charge >= 0.3 is 5.97 Å². The highest BCUT2D eigenvalue weighted by Gasteiger charge is 2.43. The molecule has 0 spiro atoms. The number of amides is 1. The Kier molecular flexibility index (Phi) is 3.96. The van der Waals surface area contributed by atoms with Gasteiger partial charge in [0.15, 0.2) is 5.84 Å². The molecule has 124 valence electrons. The van der Waals surface area contributed by atoms with Gasteiger partial charge in [-0.25, -0.2) is 9.79 Å². The minimum Gasteiger partial charge on any atom is -0.478 e. The quantitative estimate of drug-likeness (QED) is 0.893. The van der Waals surface area contributed by atoms with E-state index in [0.29, 0.717) is 0 Å². The first-order valence-electron chi connectivity index (χ1n) is 7.52. The number of aliphatic imine (C=N–C) groups is 1. The number of carboxylic acid groups (broad SMARTS) is 1. The zero-order chi connectivity index (χ0) is 17.5. The molecule has 7 heteroatoms. The van der Waals surface area contributed by atoms with Crippen molar-refractivity contribution < 1.29 is 14.7 Å². The Labute approximate surface area is 143 Å². The number of carbonyl (C=O) groups excluding carboxylic acids is 1. The van der Waals surface area contributed by atoms with Crippen molar-refractivity contribution in [2.75, 3.05) is 0 Å². The highest BCUT2D eigenvalue weighted by Crippen LogP contribution is 2.29. The van der Waals surface area contributed by atoms with Gasteiger partial charge in [-0.1, -0.05) is 19.9 Å². The fourth-order valence-electron chi connectivity index (χ4n) is 2.44. The maximum atomic E-state index is 12.3. The zero-order valence-corrected chi connectivity index (χ0v) is 14.3. The lowest BCUT2D eigenvalue weighted by molar-refractivity contribution is -0.124. The van der Waals surface area contributed by atoms with Crippen molar-refractivity contribution in [3.05, 3.63) is 41.0 Å². The molecule has 2 aromatic heterocycles. The van der Waals surface area contributed by atoms with Crippen LogP contribution in [0.4, 0.5) is 0 Å². The van der Waals surface area contributed by atoms with Crippen molar-refractivity contribution in [1.82, 2.24) is 10.3 Å². The van der Waals surface area contributed by atoms with Gasteiger partial charge in [0.1, 0.15) is 11.2 Å². The summed E-state index contributed by atoms with van der Waals surface area (Å²) in [7, 11) is 0. The van der Waals surface area contributed by atoms with Gasteiger partial charge in [-0.3, -0.25) is 9.78 Å². The number of nitrogens with one attached hydrogen (secondary N) is 1. The molecule has 6 nitrogen and oxygen atoms in total. The van der Waals surface area contributed by atoms with Gasteiger partial charge in [0.25, 0.3) is 5.91 Å². The molecule has 1 atom stereocenters. The van der Waals surface area contributed by atoms with Gasteiger partial charge in [0.05, 0.1) is 5.56 Å². The largest absolute Gasteiger partial charge is 0.478 e. The number of amidine groups is 1. The molecule has 3 heterocycles. The maximum absolute atomic E-state index is 12.3. The Morgan fingerprint density at radius 1 is 1.42 bits per heavy atom. The lowest BCUT2D eigenvalue weighted by atomic mass is 9.89. The van der Waals surface area contributed by atoms with E-state index >= 15 is 0 Å². The molecule has 0 saturated heterocycles. The lowest BCUT2D eigenvalue weighted by Crippen LogP contribution is -2.41. The van der Waals surface area contributed by atoms with Crippen LogP contribution in [-0.4, -0.2) is 33.3 Å². The summed E-state index contributed by atoms with van der Waals surface area (Å²) in [4.78, 5) is 33.6. The van der Waals surface area contributed by atoms with Gasteiger partial charge < -0.3 is 10.4 Å². The van der Waals surface area contributed by atoms with Crippen LogP contribution in [0.1, 0.15) is 36.8 Å². The predicted octanol–water partition coefficient (Wildman–Crippen LogP) is 2.80. The molecule has 1 aliphatic rings. The van der Waals surface area contributed by atoms with Crippen molar-refractivity contribution in [3.63, 3.8) is 0 Å². The van der Waals surface area contributed by atoms with Crippen LogP contribution in [0.25, 0.3) is 10.4 Å². The van der Waals surface area contributed by atoms with Crippen molar-refractivity contribution in [2.24, 2.45) is 10.9 Å². The van der Waals surface area contributed by atoms with Crippen LogP contribution in [0, 0.1) is 5.92 Å². The fourth-order valence-corrected chi connectivity index (χ4v) is 3.15. The van der Waals surface area contributed by atoms with Crippen LogP contribution in [-0.2, 0) is 4.79 Å². The number of aromatic carboxylic acids is 1. The molecule has 0 unspecified atom stereocenters. The summed E-state index contributed by atoms with van der Waals surface area (Å²) in [5.41, 5.74) is 0.00957. The summed E-state index contributed by atoms with van der Waals surface area (Å²) in [5.74, 6) is -1.15. The molecular formula is C17H17N3O3S. The van der Waals surface area contributed by atoms with E-state index in [-0.39, 0.29) is 28.9 Å². The van der Waals surface area contributed by atoms with E-state index in [0.717, 1.165) is 10.4 Å². The van der Waals surface area contributed by atoms with Gasteiger partial charge in [0.2, 0.25) is 0 Å². The Morgan fingerprint density at radius 3 is 2.71 bits per heavy atom. The van der Waals surface area contributed by atoms with Crippen LogP contribution >= 0.6 is 11.3 Å². The second kappa shape index (κ2) is 5.83. The van der Waals surface area contributed by atoms with Crippen molar-refractivity contribution in [1.29, 1.82) is 0 Å². The van der Waals surface area contributed by atoms with Crippen LogP contribution < -0.4 is 5.32 Å². The number of hydrogen-bond donors (Lipinski definition) is 2. The second-order valence-electron chi connectivity index (χ2n) is 6.12. The van der Waals surface area contributed by atoms with E-state index in [1.54, 1.807) is 19.2 Å². The normalized spacial score (nSPS) is 20.2. The molecule has 24 heavy (non-hydrogen) atoms. The van der Waals surface area contributed by atoms with E-state index in [2.05, 4.69) is 15.3 Å². The zero-order valence-electron chi connectivity index (χ0n) is 13.5. The van der Waals surface area contributed by atoms with Crippen molar-refractivity contribution >= 4 is 29.0 Å². The monoisotopic (exact) mass is 343 g/mol. The molecule has 0 bridgehead atoms. The number of carbonyl (C=O) groups is 2. The number of pyridine rings is 1. The van der Waals surface area contributed by atoms with E-state index in [4.69, 9.17) is 0 Å². The Hall–Kier alpha value is -2.54. The van der Waals surface area contributed by atoms with Crippen LogP contribution in [0.3, 0.4) is 0 Å². The van der Waals surface area contributed by atoms with Crippen molar-refractivity contribution in [3.8, 4) is 10.4 Å². The number of hydrogen-bond acceptors (Lipinski definition) is 5. The molecule has 2 aromatic rings. The SMILES string of the molecule is CC(C)[C@]1(C)N=C(c2ncc(-c3cccs3)cc2C(=O)O)NC1=O. The van der Waals surface area contributed by atoms with E-state index in [9.17, 15) is 14.7 Å². The predicted molar refractivity (Wildman–Crippen MR) is 92.4 cm³/mol. The summed E-state index contributed by atoms with van der Waals surface area (Å²) in [6, 6.07) is 5.36. The molecule has 0 fully saturated rings. The first-order valence-corrected chi connectivity index (χ1v) is 8.40. The third-order valence-electron chi connectivity index (χ3n) is 4.31. The minimum atomic E-state index is -1.11. The molecular weight excluding hydrogens is 326 g/mol. The fraction of sp³-hybridized carbons (Fsp3) is 0.294. The summed E-state index contributed by atoms with van der Waals surface area (Å²) < 4.78 is 0. The molecule has 1 amide bonds. The van der Waals surface area contributed by atoms with Gasteiger partial charge in [-0.2, -0.15) is 0 Å². The summed E-state index contributed by atoms with van der Waals surface area (Å²) >= 11 is 1.51. The molecule has 0 radical (unpaired) electrons. The molecule has 1 aliphatic heterocycles. The average molecular weight is 343 g/mol. The first kappa shape index (κ1) is 16.3. The number of carboxylic acids is 1. The molecule has 0 aliphatic carbocycles. The smallest absolute Gasteiger partial charge is 0.338 e. The average Bonchev–Trinajstić information content (AvgIpc) is 3.16. The third kappa shape index (κ3) is 2.60. The number of aromatic nitrogens is 1. The maximum Gasteiger partial charge on any atom is 0.338 e. The van der Waals surface area contributed by atoms with Crippen LogP contribution in [0.15, 0.2) is 34.8 Å². The summed E-state index contributed by atoms with van der Waals surface area (Å²) in [5, 5.41) is 14.1. The molecule has 3 rings (SSSR count). The van der Waals surface area contributed by atoms with Gasteiger partial charge in [-0.15, -0.1) is 11.3 Å². The summed E-state index contributed by atoms with van der Waals surface area (Å²) in [6.45, 7) is 5.54. The Bertz CT molecular complexity index is 843. The minimum absolute atomic E-state index is 0.0197. The third-order valence-corrected chi connectivity index (χ3v) is 5.23. The Morgan fingerprint density at radius 2 is 2.17 bits per heavy atom. The number of thiophene rings is 1. The number of rotatable bonds is 4. The highest BCUT2D eigenvalue weighted by molar-refractivity contribution is 7.13. The van der Waals surface area contributed by atoms with Crippen LogP contribution in [0.2, 0.25) is 0 Å². The lowest BCUT2D eigenvalue weighted by Gasteiger charge is -2.21. The van der Waals surface area contributed by atoms with E-state index in [1.807, 2.05) is 31.4 Å². The number of nitrogens with zero attached hydrogens (tertiary/aromatic N) is 2. The van der Waals surface area contributed by atoms with E-state index < -0.39 is 11.5 Å². The van der Waals surface area contributed by atoms with Crippen LogP contribution in [0.5, 0.6) is 0 Å². The highest BCUT2D eigenvalue weighted by atomic mass is 32.1. The van der Waals surface area contributed by atoms with Gasteiger partial charge in [0, 0.05) is 16.6 Å². The van der Waals surface area contributed by atoms with Crippen molar-refractivity contribution in [2.45, 2.75) is 26.3 Å². The van der Waals surface area contributed by atoms with Gasteiger partial charge in [-0.05, 0) is 30.4 Å². The molecule has 0 aromatic carbocycles. The van der Waals surface area contributed by atoms with E-state index in [1.165, 1.54) is 11.3 Å². The summed E-state index contributed by atoms with van der Waals surface area (Å²) in [6.07, 6.45) is 1.60.